The van der Waals surface area contributed by atoms with Gasteiger partial charge in [-0.25, -0.2) is 8.42 Å². The number of sulfonamides is 1. The summed E-state index contributed by atoms with van der Waals surface area (Å²) >= 11 is 0. The molecule has 0 amide bonds. The maximum Gasteiger partial charge on any atom is 0.243 e. The molecule has 1 saturated heterocycles. The first kappa shape index (κ1) is 13.5. The summed E-state index contributed by atoms with van der Waals surface area (Å²) < 4.78 is 31.9. The van der Waals surface area contributed by atoms with Gasteiger partial charge in [-0.05, 0) is 31.4 Å². The molecular weight excluding hydrogens is 250 g/mol. The monoisotopic (exact) mass is 269 g/mol. The van der Waals surface area contributed by atoms with Gasteiger partial charge in [0.1, 0.15) is 0 Å². The molecule has 0 aliphatic carbocycles. The summed E-state index contributed by atoms with van der Waals surface area (Å²) in [5.41, 5.74) is 0.789. The van der Waals surface area contributed by atoms with Crippen molar-refractivity contribution in [3.63, 3.8) is 0 Å². The van der Waals surface area contributed by atoms with Gasteiger partial charge in [0.25, 0.3) is 0 Å². The lowest BCUT2D eigenvalue weighted by Gasteiger charge is -2.31. The zero-order chi connectivity index (χ0) is 13.2. The number of methoxy groups -OCH3 is 1. The lowest BCUT2D eigenvalue weighted by atomic mass is 10.1. The minimum absolute atomic E-state index is 0.0116. The second kappa shape index (κ2) is 5.38. The molecule has 18 heavy (non-hydrogen) atoms. The summed E-state index contributed by atoms with van der Waals surface area (Å²) in [6, 6.07) is 7.10. The second-order valence-electron chi connectivity index (χ2n) is 4.63. The highest BCUT2D eigenvalue weighted by molar-refractivity contribution is 7.89. The van der Waals surface area contributed by atoms with Crippen LogP contribution < -0.4 is 0 Å². The molecule has 100 valence electrons. The molecule has 1 aliphatic rings. The van der Waals surface area contributed by atoms with E-state index in [1.807, 2.05) is 19.1 Å². The molecule has 1 atom stereocenters. The predicted octanol–water partition coefficient (Wildman–Crippen LogP) is 1.79. The number of hydrogen-bond acceptors (Lipinski definition) is 3. The Hall–Kier alpha value is -0.910. The van der Waals surface area contributed by atoms with Crippen molar-refractivity contribution >= 4 is 10.0 Å². The van der Waals surface area contributed by atoms with E-state index in [1.165, 1.54) is 4.31 Å². The molecule has 5 heteroatoms. The van der Waals surface area contributed by atoms with Gasteiger partial charge in [-0.15, -0.1) is 0 Å². The Labute approximate surface area is 109 Å². The van der Waals surface area contributed by atoms with Gasteiger partial charge in [-0.2, -0.15) is 4.31 Å². The molecule has 1 heterocycles. The Bertz CT molecular complexity index is 513. The first-order chi connectivity index (χ1) is 8.55. The van der Waals surface area contributed by atoms with Gasteiger partial charge in [0.15, 0.2) is 0 Å². The first-order valence-electron chi connectivity index (χ1n) is 6.14. The molecule has 1 aromatic rings. The Morgan fingerprint density at radius 1 is 1.33 bits per heavy atom. The van der Waals surface area contributed by atoms with Crippen molar-refractivity contribution in [2.75, 3.05) is 20.2 Å². The fourth-order valence-electron chi connectivity index (χ4n) is 2.30. The van der Waals surface area contributed by atoms with Gasteiger partial charge >= 0.3 is 0 Å². The van der Waals surface area contributed by atoms with E-state index in [4.69, 9.17) is 4.74 Å². The summed E-state index contributed by atoms with van der Waals surface area (Å²) in [5, 5.41) is 0. The third-order valence-corrected chi connectivity index (χ3v) is 5.41. The van der Waals surface area contributed by atoms with Crippen molar-refractivity contribution in [2.24, 2.45) is 0 Å². The number of ether oxygens (including phenoxy) is 1. The van der Waals surface area contributed by atoms with E-state index in [9.17, 15) is 8.42 Å². The fraction of sp³-hybridized carbons (Fsp3) is 0.538. The fourth-order valence-corrected chi connectivity index (χ4v) is 4.04. The van der Waals surface area contributed by atoms with Gasteiger partial charge in [0, 0.05) is 20.2 Å². The predicted molar refractivity (Wildman–Crippen MR) is 70.0 cm³/mol. The summed E-state index contributed by atoms with van der Waals surface area (Å²) in [6.07, 6.45) is 1.79. The smallest absolute Gasteiger partial charge is 0.243 e. The quantitative estimate of drug-likeness (QED) is 0.840. The Kier molecular flexibility index (Phi) is 4.04. The SMILES string of the molecule is COC1CCCN(S(=O)(=O)c2ccccc2C)C1. The minimum atomic E-state index is -3.38. The highest BCUT2D eigenvalue weighted by Crippen LogP contribution is 2.23. The Morgan fingerprint density at radius 3 is 2.72 bits per heavy atom. The van der Waals surface area contributed by atoms with Crippen LogP contribution in [0.15, 0.2) is 29.2 Å². The normalized spacial score (nSPS) is 22.0. The summed E-state index contributed by atoms with van der Waals surface area (Å²) in [5.74, 6) is 0. The summed E-state index contributed by atoms with van der Waals surface area (Å²) in [4.78, 5) is 0.404. The van der Waals surface area contributed by atoms with Crippen LogP contribution >= 0.6 is 0 Å². The Balaban J connectivity index is 2.29. The first-order valence-corrected chi connectivity index (χ1v) is 7.58. The van der Waals surface area contributed by atoms with Crippen LogP contribution in [0.25, 0.3) is 0 Å². The van der Waals surface area contributed by atoms with Crippen LogP contribution in [-0.2, 0) is 14.8 Å². The van der Waals surface area contributed by atoms with E-state index in [0.29, 0.717) is 18.0 Å². The van der Waals surface area contributed by atoms with Crippen LogP contribution in [0, 0.1) is 6.92 Å². The van der Waals surface area contributed by atoms with Crippen molar-refractivity contribution in [2.45, 2.75) is 30.8 Å². The molecule has 1 fully saturated rings. The zero-order valence-electron chi connectivity index (χ0n) is 10.8. The molecule has 0 aromatic heterocycles. The van der Waals surface area contributed by atoms with Gasteiger partial charge in [-0.3, -0.25) is 0 Å². The van der Waals surface area contributed by atoms with Crippen LogP contribution in [0.1, 0.15) is 18.4 Å². The minimum Gasteiger partial charge on any atom is -0.380 e. The second-order valence-corrected chi connectivity index (χ2v) is 6.53. The Morgan fingerprint density at radius 2 is 2.06 bits per heavy atom. The largest absolute Gasteiger partial charge is 0.380 e. The average molecular weight is 269 g/mol. The van der Waals surface area contributed by atoms with Crippen LogP contribution in [0.2, 0.25) is 0 Å². The van der Waals surface area contributed by atoms with Crippen LogP contribution in [0.5, 0.6) is 0 Å². The van der Waals surface area contributed by atoms with E-state index >= 15 is 0 Å². The molecule has 4 nitrogen and oxygen atoms in total. The molecule has 0 radical (unpaired) electrons. The maximum atomic E-state index is 12.5. The summed E-state index contributed by atoms with van der Waals surface area (Å²) in [6.45, 7) is 2.86. The molecular formula is C13H19NO3S. The van der Waals surface area contributed by atoms with Crippen LogP contribution in [-0.4, -0.2) is 39.0 Å². The third kappa shape index (κ3) is 2.58. The molecule has 2 rings (SSSR count). The number of piperidine rings is 1. The van der Waals surface area contributed by atoms with Gasteiger partial charge in [-0.1, -0.05) is 18.2 Å². The van der Waals surface area contributed by atoms with Crippen LogP contribution in [0.3, 0.4) is 0 Å². The lowest BCUT2D eigenvalue weighted by molar-refractivity contribution is 0.0572. The molecule has 1 unspecified atom stereocenters. The topological polar surface area (TPSA) is 46.6 Å². The van der Waals surface area contributed by atoms with E-state index in [2.05, 4.69) is 0 Å². The summed E-state index contributed by atoms with van der Waals surface area (Å²) in [7, 11) is -1.75. The van der Waals surface area contributed by atoms with Gasteiger partial charge in [0.05, 0.1) is 11.0 Å². The highest BCUT2D eigenvalue weighted by Gasteiger charge is 2.30. The number of hydrogen-bond donors (Lipinski definition) is 0. The van der Waals surface area contributed by atoms with Crippen molar-refractivity contribution in [3.05, 3.63) is 29.8 Å². The number of rotatable bonds is 3. The maximum absolute atomic E-state index is 12.5. The van der Waals surface area contributed by atoms with Crippen molar-refractivity contribution < 1.29 is 13.2 Å². The van der Waals surface area contributed by atoms with Crippen LogP contribution in [0.4, 0.5) is 0 Å². The highest BCUT2D eigenvalue weighted by atomic mass is 32.2. The van der Waals surface area contributed by atoms with E-state index in [-0.39, 0.29) is 6.10 Å². The van der Waals surface area contributed by atoms with Gasteiger partial charge in [0.2, 0.25) is 10.0 Å². The molecule has 0 spiro atoms. The molecule has 0 bridgehead atoms. The third-order valence-electron chi connectivity index (χ3n) is 3.39. The molecule has 0 saturated carbocycles. The van der Waals surface area contributed by atoms with Crippen molar-refractivity contribution in [1.82, 2.24) is 4.31 Å². The average Bonchev–Trinajstić information content (AvgIpc) is 2.39. The molecule has 0 N–H and O–H groups in total. The zero-order valence-corrected chi connectivity index (χ0v) is 11.6. The molecule has 1 aliphatic heterocycles. The molecule has 1 aromatic carbocycles. The van der Waals surface area contributed by atoms with Crippen molar-refractivity contribution in [3.8, 4) is 0 Å². The van der Waals surface area contributed by atoms with Crippen molar-refractivity contribution in [1.29, 1.82) is 0 Å². The van der Waals surface area contributed by atoms with Gasteiger partial charge < -0.3 is 4.74 Å². The van der Waals surface area contributed by atoms with E-state index in [0.717, 1.165) is 18.4 Å². The number of benzene rings is 1. The van der Waals surface area contributed by atoms with E-state index in [1.54, 1.807) is 19.2 Å². The lowest BCUT2D eigenvalue weighted by Crippen LogP contribution is -2.42. The number of nitrogens with zero attached hydrogens (tertiary/aromatic N) is 1. The van der Waals surface area contributed by atoms with E-state index < -0.39 is 10.0 Å². The standard InChI is InChI=1S/C13H19NO3S/c1-11-6-3-4-8-13(11)18(15,16)14-9-5-7-12(10-14)17-2/h3-4,6,8,12H,5,7,9-10H2,1-2H3. The number of aryl methyl sites for hydroxylation is 1.